The highest BCUT2D eigenvalue weighted by atomic mass is 32.2. The van der Waals surface area contributed by atoms with E-state index in [-0.39, 0.29) is 23.1 Å². The summed E-state index contributed by atoms with van der Waals surface area (Å²) in [7, 11) is -3.71. The van der Waals surface area contributed by atoms with Gasteiger partial charge in [-0.05, 0) is 48.4 Å². The molecule has 3 rings (SSSR count). The lowest BCUT2D eigenvalue weighted by molar-refractivity contribution is -0.674. The normalized spacial score (nSPS) is 16.9. The van der Waals surface area contributed by atoms with Crippen LogP contribution in [0.4, 0.5) is 5.69 Å². The Balaban J connectivity index is 1.56. The average molecular weight is 433 g/mol. The summed E-state index contributed by atoms with van der Waals surface area (Å²) in [6.07, 6.45) is 1.68. The molecule has 30 heavy (non-hydrogen) atoms. The van der Waals surface area contributed by atoms with Crippen LogP contribution in [0.2, 0.25) is 0 Å². The third kappa shape index (κ3) is 5.24. The Hall–Kier alpha value is -2.75. The number of rotatable bonds is 9. The van der Waals surface area contributed by atoms with E-state index in [1.54, 1.807) is 36.4 Å². The zero-order chi connectivity index (χ0) is 21.7. The van der Waals surface area contributed by atoms with Crippen LogP contribution in [0.25, 0.3) is 0 Å². The molecule has 1 heterocycles. The van der Waals surface area contributed by atoms with Crippen LogP contribution in [-0.4, -0.2) is 39.4 Å². The molecule has 1 fully saturated rings. The third-order valence-corrected chi connectivity index (χ3v) is 5.81. The zero-order valence-electron chi connectivity index (χ0n) is 16.8. The number of hydrogen-bond donors (Lipinski definition) is 2. The van der Waals surface area contributed by atoms with E-state index < -0.39 is 16.1 Å². The van der Waals surface area contributed by atoms with Crippen molar-refractivity contribution in [3.63, 3.8) is 0 Å². The zero-order valence-corrected chi connectivity index (χ0v) is 17.6. The number of benzene rings is 2. The van der Waals surface area contributed by atoms with E-state index in [1.807, 2.05) is 12.2 Å². The highest BCUT2D eigenvalue weighted by Gasteiger charge is 2.42. The van der Waals surface area contributed by atoms with E-state index in [4.69, 9.17) is 9.88 Å². The van der Waals surface area contributed by atoms with Gasteiger partial charge in [-0.1, -0.05) is 19.1 Å². The number of hydrogen-bond acceptors (Lipinski definition) is 5. The first-order valence-corrected chi connectivity index (χ1v) is 11.4. The second-order valence-corrected chi connectivity index (χ2v) is 8.75. The Kier molecular flexibility index (Phi) is 6.86. The van der Waals surface area contributed by atoms with Gasteiger partial charge in [0.15, 0.2) is 6.04 Å². The van der Waals surface area contributed by atoms with Crippen LogP contribution >= 0.6 is 0 Å². The molecule has 0 aromatic heterocycles. The molecule has 2 aromatic rings. The molecule has 0 bridgehead atoms. The molecular weight excluding hydrogens is 406 g/mol. The first kappa shape index (κ1) is 21.9. The quantitative estimate of drug-likeness (QED) is 0.561. The number of primary sulfonamides is 1. The van der Waals surface area contributed by atoms with E-state index in [2.05, 4.69) is 0 Å². The summed E-state index contributed by atoms with van der Waals surface area (Å²) in [5, 5.41) is 6.95. The first-order chi connectivity index (χ1) is 14.3. The summed E-state index contributed by atoms with van der Waals surface area (Å²) in [6, 6.07) is 12.8. The minimum Gasteiger partial charge on any atom is -0.494 e. The average Bonchev–Trinajstić information content (AvgIpc) is 3.00. The number of imide groups is 1. The highest BCUT2D eigenvalue weighted by molar-refractivity contribution is 7.89. The van der Waals surface area contributed by atoms with Gasteiger partial charge in [-0.15, -0.1) is 0 Å². The number of ether oxygens (including phenoxy) is 1. The van der Waals surface area contributed by atoms with Crippen molar-refractivity contribution in [2.75, 3.05) is 18.1 Å². The number of anilines is 1. The molecule has 9 heteroatoms. The Morgan fingerprint density at radius 1 is 1.10 bits per heavy atom. The van der Waals surface area contributed by atoms with Crippen molar-refractivity contribution in [2.45, 2.75) is 37.1 Å². The Labute approximate surface area is 176 Å². The summed E-state index contributed by atoms with van der Waals surface area (Å²) >= 11 is 0. The lowest BCUT2D eigenvalue weighted by atomic mass is 10.1. The third-order valence-electron chi connectivity index (χ3n) is 4.89. The van der Waals surface area contributed by atoms with Crippen LogP contribution in [0.15, 0.2) is 53.4 Å². The maximum absolute atomic E-state index is 12.7. The summed E-state index contributed by atoms with van der Waals surface area (Å²) in [5.74, 6) is 0.254. The highest BCUT2D eigenvalue weighted by Crippen LogP contribution is 2.24. The summed E-state index contributed by atoms with van der Waals surface area (Å²) in [4.78, 5) is 26.4. The smallest absolute Gasteiger partial charge is 0.292 e. The van der Waals surface area contributed by atoms with Gasteiger partial charge in [0.05, 0.1) is 30.2 Å². The maximum Gasteiger partial charge on any atom is 0.292 e. The molecule has 1 aliphatic heterocycles. The second kappa shape index (κ2) is 9.38. The van der Waals surface area contributed by atoms with E-state index in [0.29, 0.717) is 31.0 Å². The standard InChI is InChI=1S/C21H25N3O5S/c1-2-13-29-17-7-5-16(6-8-17)24-20(25)14-19(21(24)26)23-12-11-15-3-9-18(10-4-15)30(22,27)28/h3-10,19,23H,2,11-14H2,1H3,(H2,22,27,28)/p+1/t19-/m0/s1. The van der Waals surface area contributed by atoms with E-state index in [1.165, 1.54) is 17.0 Å². The molecule has 2 amide bonds. The fraction of sp³-hybridized carbons (Fsp3) is 0.333. The molecule has 2 aromatic carbocycles. The molecule has 1 saturated heterocycles. The lowest BCUT2D eigenvalue weighted by Crippen LogP contribution is -2.92. The number of nitrogens with two attached hydrogens (primary N) is 2. The number of amides is 2. The topological polar surface area (TPSA) is 123 Å². The molecular formula is C21H26N3O5S+. The van der Waals surface area contributed by atoms with Crippen LogP contribution in [0.5, 0.6) is 5.75 Å². The minimum atomic E-state index is -3.71. The van der Waals surface area contributed by atoms with Crippen LogP contribution < -0.4 is 20.1 Å². The van der Waals surface area contributed by atoms with E-state index >= 15 is 0 Å². The molecule has 0 aliphatic carbocycles. The van der Waals surface area contributed by atoms with Crippen molar-refractivity contribution in [1.29, 1.82) is 0 Å². The number of carbonyl (C=O) groups is 2. The van der Waals surface area contributed by atoms with Crippen molar-refractivity contribution in [1.82, 2.24) is 0 Å². The van der Waals surface area contributed by atoms with Gasteiger partial charge in [-0.3, -0.25) is 9.59 Å². The van der Waals surface area contributed by atoms with Crippen molar-refractivity contribution >= 4 is 27.5 Å². The fourth-order valence-corrected chi connectivity index (χ4v) is 3.83. The molecule has 0 saturated carbocycles. The Morgan fingerprint density at radius 2 is 1.77 bits per heavy atom. The van der Waals surface area contributed by atoms with Crippen LogP contribution in [0, 0.1) is 0 Å². The molecule has 0 unspecified atom stereocenters. The summed E-state index contributed by atoms with van der Waals surface area (Å²) < 4.78 is 28.1. The number of sulfonamides is 1. The first-order valence-electron chi connectivity index (χ1n) is 9.84. The van der Waals surface area contributed by atoms with Gasteiger partial charge < -0.3 is 10.1 Å². The van der Waals surface area contributed by atoms with Gasteiger partial charge in [0.1, 0.15) is 5.75 Å². The van der Waals surface area contributed by atoms with Crippen LogP contribution in [0.3, 0.4) is 0 Å². The molecule has 0 radical (unpaired) electrons. The number of quaternary nitrogens is 1. The van der Waals surface area contributed by atoms with Crippen LogP contribution in [0.1, 0.15) is 25.3 Å². The monoisotopic (exact) mass is 432 g/mol. The SMILES string of the molecule is CCCOc1ccc(N2C(=O)C[C@H]([NH2+]CCc3ccc(S(N)(=O)=O)cc3)C2=O)cc1. The van der Waals surface area contributed by atoms with Gasteiger partial charge in [-0.2, -0.15) is 0 Å². The largest absolute Gasteiger partial charge is 0.494 e. The van der Waals surface area contributed by atoms with Gasteiger partial charge in [0, 0.05) is 6.42 Å². The minimum absolute atomic E-state index is 0.0635. The predicted molar refractivity (Wildman–Crippen MR) is 111 cm³/mol. The van der Waals surface area contributed by atoms with Gasteiger partial charge in [0.2, 0.25) is 15.9 Å². The molecule has 0 spiro atoms. The number of nitrogens with zero attached hydrogens (tertiary/aromatic N) is 1. The van der Waals surface area contributed by atoms with Crippen molar-refractivity contribution < 1.29 is 28.1 Å². The predicted octanol–water partition coefficient (Wildman–Crippen LogP) is 0.561. The molecule has 160 valence electrons. The van der Waals surface area contributed by atoms with E-state index in [0.717, 1.165) is 12.0 Å². The molecule has 4 N–H and O–H groups in total. The lowest BCUT2D eigenvalue weighted by Gasteiger charge is -2.15. The Bertz CT molecular complexity index is 1000. The summed E-state index contributed by atoms with van der Waals surface area (Å²) in [5.41, 5.74) is 1.47. The van der Waals surface area contributed by atoms with Gasteiger partial charge in [-0.25, -0.2) is 18.5 Å². The Morgan fingerprint density at radius 3 is 2.37 bits per heavy atom. The number of carbonyl (C=O) groups excluding carboxylic acids is 2. The molecule has 1 aliphatic rings. The van der Waals surface area contributed by atoms with Crippen molar-refractivity contribution in [3.8, 4) is 5.75 Å². The maximum atomic E-state index is 12.7. The van der Waals surface area contributed by atoms with Gasteiger partial charge >= 0.3 is 0 Å². The van der Waals surface area contributed by atoms with Gasteiger partial charge in [0.25, 0.3) is 5.91 Å². The molecule has 1 atom stereocenters. The summed E-state index contributed by atoms with van der Waals surface area (Å²) in [6.45, 7) is 3.23. The van der Waals surface area contributed by atoms with Crippen LogP contribution in [-0.2, 0) is 26.0 Å². The van der Waals surface area contributed by atoms with Crippen molar-refractivity contribution in [3.05, 3.63) is 54.1 Å². The van der Waals surface area contributed by atoms with E-state index in [9.17, 15) is 18.0 Å². The fourth-order valence-electron chi connectivity index (χ4n) is 3.32. The molecule has 8 nitrogen and oxygen atoms in total. The second-order valence-electron chi connectivity index (χ2n) is 7.18. The van der Waals surface area contributed by atoms with Crippen molar-refractivity contribution in [2.24, 2.45) is 5.14 Å².